The lowest BCUT2D eigenvalue weighted by Crippen LogP contribution is -2.48. The number of aliphatic carboxylic acids is 1. The van der Waals surface area contributed by atoms with E-state index in [0.717, 1.165) is 31.2 Å². The molecule has 2 rings (SSSR count). The van der Waals surface area contributed by atoms with Crippen LogP contribution < -0.4 is 5.32 Å². The second-order valence-corrected chi connectivity index (χ2v) is 5.77. The van der Waals surface area contributed by atoms with Gasteiger partial charge in [-0.05, 0) is 37.5 Å². The molecule has 0 aliphatic heterocycles. The molecule has 0 saturated heterocycles. The number of amides is 1. The van der Waals surface area contributed by atoms with E-state index in [1.165, 1.54) is 6.92 Å². The molecular weight excluding hydrogens is 278 g/mol. The van der Waals surface area contributed by atoms with Crippen molar-refractivity contribution in [2.75, 3.05) is 0 Å². The minimum Gasteiger partial charge on any atom is -0.480 e. The first-order valence-electron chi connectivity index (χ1n) is 6.75. The van der Waals surface area contributed by atoms with E-state index in [1.54, 1.807) is 12.1 Å². The quantitative estimate of drug-likeness (QED) is 0.897. The van der Waals surface area contributed by atoms with Crippen LogP contribution >= 0.6 is 11.6 Å². The first-order chi connectivity index (χ1) is 9.45. The maximum Gasteiger partial charge on any atom is 0.325 e. The minimum absolute atomic E-state index is 0.202. The van der Waals surface area contributed by atoms with E-state index in [9.17, 15) is 9.59 Å². The molecule has 1 aliphatic carbocycles. The summed E-state index contributed by atoms with van der Waals surface area (Å²) in [6.07, 6.45) is 3.43. The predicted octanol–water partition coefficient (Wildman–Crippen LogP) is 2.74. The van der Waals surface area contributed by atoms with E-state index in [2.05, 4.69) is 5.32 Å². The predicted molar refractivity (Wildman–Crippen MR) is 76.8 cm³/mol. The van der Waals surface area contributed by atoms with Gasteiger partial charge in [0, 0.05) is 5.02 Å². The molecule has 1 aliphatic rings. The van der Waals surface area contributed by atoms with Gasteiger partial charge in [-0.2, -0.15) is 0 Å². The number of halogens is 1. The molecule has 1 saturated carbocycles. The topological polar surface area (TPSA) is 66.4 Å². The van der Waals surface area contributed by atoms with E-state index >= 15 is 0 Å². The summed E-state index contributed by atoms with van der Waals surface area (Å²) in [4.78, 5) is 23.5. The lowest BCUT2D eigenvalue weighted by Gasteiger charge is -2.29. The molecule has 0 bridgehead atoms. The second kappa shape index (κ2) is 5.83. The Labute approximate surface area is 123 Å². The van der Waals surface area contributed by atoms with E-state index in [4.69, 9.17) is 16.7 Å². The summed E-state index contributed by atoms with van der Waals surface area (Å²) >= 11 is 5.89. The summed E-state index contributed by atoms with van der Waals surface area (Å²) in [5.74, 6) is -1.23. The van der Waals surface area contributed by atoms with Crippen molar-refractivity contribution in [3.05, 3.63) is 34.9 Å². The molecule has 20 heavy (non-hydrogen) atoms. The monoisotopic (exact) mass is 295 g/mol. The lowest BCUT2D eigenvalue weighted by molar-refractivity contribution is -0.142. The molecule has 5 heteroatoms. The van der Waals surface area contributed by atoms with Gasteiger partial charge in [0.15, 0.2) is 0 Å². The van der Waals surface area contributed by atoms with Crippen LogP contribution in [0.25, 0.3) is 0 Å². The molecule has 1 fully saturated rings. The van der Waals surface area contributed by atoms with Crippen LogP contribution in [0.5, 0.6) is 0 Å². The number of rotatable bonds is 4. The number of benzene rings is 1. The third kappa shape index (κ3) is 2.80. The average molecular weight is 296 g/mol. The van der Waals surface area contributed by atoms with Crippen molar-refractivity contribution in [1.29, 1.82) is 0 Å². The van der Waals surface area contributed by atoms with Gasteiger partial charge >= 0.3 is 5.97 Å². The van der Waals surface area contributed by atoms with Crippen LogP contribution in [0.15, 0.2) is 24.3 Å². The third-order valence-electron chi connectivity index (χ3n) is 4.01. The van der Waals surface area contributed by atoms with Crippen LogP contribution in [0, 0.1) is 0 Å². The molecule has 1 unspecified atom stereocenters. The van der Waals surface area contributed by atoms with Gasteiger partial charge in [0.1, 0.15) is 6.04 Å². The largest absolute Gasteiger partial charge is 0.480 e. The van der Waals surface area contributed by atoms with E-state index < -0.39 is 17.4 Å². The zero-order valence-corrected chi connectivity index (χ0v) is 12.1. The standard InChI is InChI=1S/C15H18ClNO3/c1-10(13(18)19)17-14(20)15(8-2-3-9-15)11-4-6-12(16)7-5-11/h4-7,10H,2-3,8-9H2,1H3,(H,17,20)(H,18,19). The van der Waals surface area contributed by atoms with Gasteiger partial charge in [-0.25, -0.2) is 0 Å². The Morgan fingerprint density at radius 3 is 2.30 bits per heavy atom. The highest BCUT2D eigenvalue weighted by atomic mass is 35.5. The summed E-state index contributed by atoms with van der Waals surface area (Å²) < 4.78 is 0. The molecule has 1 amide bonds. The van der Waals surface area contributed by atoms with Crippen molar-refractivity contribution in [1.82, 2.24) is 5.32 Å². The molecule has 0 aromatic heterocycles. The number of carboxylic acid groups (broad SMARTS) is 1. The molecule has 0 spiro atoms. The Hall–Kier alpha value is -1.55. The average Bonchev–Trinajstić information content (AvgIpc) is 2.90. The van der Waals surface area contributed by atoms with Gasteiger partial charge < -0.3 is 10.4 Å². The SMILES string of the molecule is CC(NC(=O)C1(c2ccc(Cl)cc2)CCCC1)C(=O)O. The highest BCUT2D eigenvalue weighted by Gasteiger charge is 2.43. The van der Waals surface area contributed by atoms with E-state index in [1.807, 2.05) is 12.1 Å². The highest BCUT2D eigenvalue weighted by Crippen LogP contribution is 2.41. The Bertz CT molecular complexity index is 506. The fraction of sp³-hybridized carbons (Fsp3) is 0.467. The van der Waals surface area contributed by atoms with Gasteiger partial charge in [-0.3, -0.25) is 9.59 Å². The van der Waals surface area contributed by atoms with Crippen molar-refractivity contribution in [3.63, 3.8) is 0 Å². The van der Waals surface area contributed by atoms with Gasteiger partial charge in [0.2, 0.25) is 5.91 Å². The normalized spacial score (nSPS) is 18.5. The van der Waals surface area contributed by atoms with Gasteiger partial charge in [0.25, 0.3) is 0 Å². The van der Waals surface area contributed by atoms with Gasteiger partial charge in [0.05, 0.1) is 5.41 Å². The third-order valence-corrected chi connectivity index (χ3v) is 4.26. The zero-order valence-electron chi connectivity index (χ0n) is 11.4. The molecular formula is C15H18ClNO3. The van der Waals surface area contributed by atoms with Crippen LogP contribution in [-0.4, -0.2) is 23.0 Å². The Kier molecular flexibility index (Phi) is 4.33. The summed E-state index contributed by atoms with van der Waals surface area (Å²) in [5, 5.41) is 12.2. The van der Waals surface area contributed by atoms with Crippen LogP contribution in [-0.2, 0) is 15.0 Å². The summed E-state index contributed by atoms with van der Waals surface area (Å²) in [5.41, 5.74) is 0.295. The minimum atomic E-state index is -1.03. The van der Waals surface area contributed by atoms with E-state index in [0.29, 0.717) is 5.02 Å². The summed E-state index contributed by atoms with van der Waals surface area (Å²) in [6, 6.07) is 6.37. The highest BCUT2D eigenvalue weighted by molar-refractivity contribution is 6.30. The fourth-order valence-corrected chi connectivity index (χ4v) is 2.92. The molecule has 0 heterocycles. The number of carbonyl (C=O) groups is 2. The number of carboxylic acids is 1. The molecule has 108 valence electrons. The maximum absolute atomic E-state index is 12.6. The number of nitrogens with one attached hydrogen (secondary N) is 1. The van der Waals surface area contributed by atoms with E-state index in [-0.39, 0.29) is 5.91 Å². The van der Waals surface area contributed by atoms with Crippen LogP contribution in [0.2, 0.25) is 5.02 Å². The molecule has 4 nitrogen and oxygen atoms in total. The fourth-order valence-electron chi connectivity index (χ4n) is 2.79. The molecule has 1 aromatic carbocycles. The first kappa shape index (κ1) is 14.9. The first-order valence-corrected chi connectivity index (χ1v) is 7.13. The molecule has 0 radical (unpaired) electrons. The Balaban J connectivity index is 2.28. The number of hydrogen-bond donors (Lipinski definition) is 2. The lowest BCUT2D eigenvalue weighted by atomic mass is 9.78. The molecule has 1 aromatic rings. The summed E-state index contributed by atoms with van der Waals surface area (Å²) in [7, 11) is 0. The van der Waals surface area contributed by atoms with Crippen LogP contribution in [0.4, 0.5) is 0 Å². The smallest absolute Gasteiger partial charge is 0.325 e. The van der Waals surface area contributed by atoms with Crippen LogP contribution in [0.3, 0.4) is 0 Å². The second-order valence-electron chi connectivity index (χ2n) is 5.33. The van der Waals surface area contributed by atoms with Crippen molar-refractivity contribution in [3.8, 4) is 0 Å². The van der Waals surface area contributed by atoms with Crippen molar-refractivity contribution < 1.29 is 14.7 Å². The molecule has 1 atom stereocenters. The van der Waals surface area contributed by atoms with Gasteiger partial charge in [-0.1, -0.05) is 36.6 Å². The number of hydrogen-bond acceptors (Lipinski definition) is 2. The van der Waals surface area contributed by atoms with Crippen molar-refractivity contribution >= 4 is 23.5 Å². The Morgan fingerprint density at radius 2 is 1.80 bits per heavy atom. The van der Waals surface area contributed by atoms with Crippen molar-refractivity contribution in [2.24, 2.45) is 0 Å². The Morgan fingerprint density at radius 1 is 1.25 bits per heavy atom. The molecule has 2 N–H and O–H groups in total. The number of carbonyl (C=O) groups excluding carboxylic acids is 1. The summed E-state index contributed by atoms with van der Waals surface area (Å²) in [6.45, 7) is 1.48. The van der Waals surface area contributed by atoms with Crippen molar-refractivity contribution in [2.45, 2.75) is 44.1 Å². The van der Waals surface area contributed by atoms with Crippen LogP contribution in [0.1, 0.15) is 38.2 Å². The maximum atomic E-state index is 12.6. The zero-order chi connectivity index (χ0) is 14.8. The van der Waals surface area contributed by atoms with Gasteiger partial charge in [-0.15, -0.1) is 0 Å².